The lowest BCUT2D eigenvalue weighted by atomic mass is 10.2. The number of urea groups is 1. The minimum absolute atomic E-state index is 0.0109. The number of carbonyl (C=O) groups is 1. The summed E-state index contributed by atoms with van der Waals surface area (Å²) in [5.41, 5.74) is 5.87. The third-order valence-corrected chi connectivity index (χ3v) is 6.37. The predicted octanol–water partition coefficient (Wildman–Crippen LogP) is 2.54. The molecule has 0 aliphatic rings. The number of rotatable bonds is 10. The second kappa shape index (κ2) is 11.6. The van der Waals surface area contributed by atoms with Gasteiger partial charge in [0.1, 0.15) is 16.3 Å². The molecule has 0 aliphatic heterocycles. The first-order valence-corrected chi connectivity index (χ1v) is 13.7. The maximum atomic E-state index is 14.0. The summed E-state index contributed by atoms with van der Waals surface area (Å²) in [6, 6.07) is 7.23. The highest BCUT2D eigenvalue weighted by Crippen LogP contribution is 2.33. The summed E-state index contributed by atoms with van der Waals surface area (Å²) in [7, 11) is -7.50. The van der Waals surface area contributed by atoms with Crippen LogP contribution in [0.4, 0.5) is 43.8 Å². The molecule has 1 heterocycles. The number of primary amides is 1. The summed E-state index contributed by atoms with van der Waals surface area (Å²) in [5.74, 6) is -1.16. The van der Waals surface area contributed by atoms with Gasteiger partial charge in [0.25, 0.3) is 20.2 Å². The number of azo groups is 1. The lowest BCUT2D eigenvalue weighted by Crippen LogP contribution is -2.27. The van der Waals surface area contributed by atoms with Crippen molar-refractivity contribution in [3.8, 4) is 0 Å². The lowest BCUT2D eigenvalue weighted by Gasteiger charge is -2.16. The molecule has 0 spiro atoms. The van der Waals surface area contributed by atoms with Gasteiger partial charge in [-0.25, -0.2) is 4.79 Å². The minimum atomic E-state index is -4.60. The number of nitrogens with one attached hydrogen (secondary N) is 2. The molecular weight excluding hydrogens is 561 g/mol. The van der Waals surface area contributed by atoms with Crippen molar-refractivity contribution >= 4 is 60.9 Å². The van der Waals surface area contributed by atoms with Crippen LogP contribution in [0.25, 0.3) is 0 Å². The first kappa shape index (κ1) is 29.2. The molecule has 39 heavy (non-hydrogen) atoms. The Balaban J connectivity index is 1.92. The van der Waals surface area contributed by atoms with Crippen LogP contribution in [-0.2, 0) is 20.2 Å². The molecule has 0 unspecified atom stereocenters. The van der Waals surface area contributed by atoms with E-state index in [2.05, 4.69) is 35.8 Å². The van der Waals surface area contributed by atoms with E-state index < -0.39 is 43.0 Å². The highest BCUT2D eigenvalue weighted by atomic mass is 32.2. The summed E-state index contributed by atoms with van der Waals surface area (Å²) < 4.78 is 77.8. The van der Waals surface area contributed by atoms with Gasteiger partial charge in [-0.3, -0.25) is 9.11 Å². The second-order valence-corrected chi connectivity index (χ2v) is 10.9. The molecule has 0 radical (unpaired) electrons. The van der Waals surface area contributed by atoms with Crippen molar-refractivity contribution in [2.75, 3.05) is 34.9 Å². The maximum Gasteiger partial charge on any atom is 0.316 e. The number of amides is 2. The second-order valence-electron chi connectivity index (χ2n) is 7.93. The van der Waals surface area contributed by atoms with E-state index >= 15 is 0 Å². The number of halogens is 1. The third kappa shape index (κ3) is 8.60. The normalized spacial score (nSPS) is 11.9. The van der Waals surface area contributed by atoms with E-state index in [9.17, 15) is 30.6 Å². The summed E-state index contributed by atoms with van der Waals surface area (Å²) in [6.07, 6.45) is -1.19. The molecule has 3 aromatic rings. The van der Waals surface area contributed by atoms with Crippen molar-refractivity contribution in [2.45, 2.75) is 11.8 Å². The van der Waals surface area contributed by atoms with Crippen LogP contribution in [0.3, 0.4) is 0 Å². The lowest BCUT2D eigenvalue weighted by molar-refractivity contribution is 0.259. The average molecular weight is 584 g/mol. The zero-order valence-electron chi connectivity index (χ0n) is 20.3. The largest absolute Gasteiger partial charge is 0.351 e. The van der Waals surface area contributed by atoms with Crippen LogP contribution < -0.4 is 21.3 Å². The van der Waals surface area contributed by atoms with Gasteiger partial charge >= 0.3 is 12.1 Å². The van der Waals surface area contributed by atoms with Crippen LogP contribution in [-0.4, -0.2) is 66.3 Å². The van der Waals surface area contributed by atoms with E-state index in [0.717, 1.165) is 0 Å². The topological polar surface area (TPSA) is 243 Å². The Hall–Kier alpha value is -4.33. The number of hydrogen-bond donors (Lipinski definition) is 5. The smallest absolute Gasteiger partial charge is 0.316 e. The van der Waals surface area contributed by atoms with E-state index in [4.69, 9.17) is 10.3 Å². The highest BCUT2D eigenvalue weighted by Gasteiger charge is 2.17. The van der Waals surface area contributed by atoms with Crippen molar-refractivity contribution < 1.29 is 35.1 Å². The van der Waals surface area contributed by atoms with Crippen molar-refractivity contribution in [1.82, 2.24) is 15.0 Å². The molecule has 1 aromatic heterocycles. The Morgan fingerprint density at radius 2 is 1.72 bits per heavy atom. The molecule has 208 valence electrons. The Kier molecular flexibility index (Phi) is 8.69. The Bertz CT molecular complexity index is 1650. The van der Waals surface area contributed by atoms with Gasteiger partial charge in [-0.1, -0.05) is 6.07 Å². The van der Waals surface area contributed by atoms with Gasteiger partial charge in [0.05, 0.1) is 11.4 Å². The van der Waals surface area contributed by atoms with Gasteiger partial charge in [-0.05, 0) is 42.8 Å². The molecule has 0 aliphatic carbocycles. The van der Waals surface area contributed by atoms with Crippen LogP contribution in [0.5, 0.6) is 0 Å². The third-order valence-electron chi connectivity index (χ3n) is 4.79. The number of nitrogens with two attached hydrogens (primary N) is 1. The number of nitrogens with zero attached hydrogens (tertiary/aromatic N) is 6. The fraction of sp³-hybridized carbons (Fsp3) is 0.200. The summed E-state index contributed by atoms with van der Waals surface area (Å²) in [4.78, 5) is 23.3. The van der Waals surface area contributed by atoms with Crippen LogP contribution in [0.15, 0.2) is 51.5 Å². The molecule has 0 fully saturated rings. The number of aromatic nitrogens is 3. The average Bonchev–Trinajstić information content (AvgIpc) is 2.81. The van der Waals surface area contributed by atoms with E-state index in [1.165, 1.54) is 42.3 Å². The maximum absolute atomic E-state index is 14.0. The summed E-state index contributed by atoms with van der Waals surface area (Å²) >= 11 is 0. The highest BCUT2D eigenvalue weighted by molar-refractivity contribution is 7.86. The molecule has 0 atom stereocenters. The predicted molar refractivity (Wildman–Crippen MR) is 138 cm³/mol. The van der Waals surface area contributed by atoms with Gasteiger partial charge < -0.3 is 21.3 Å². The quantitative estimate of drug-likeness (QED) is 0.171. The van der Waals surface area contributed by atoms with Gasteiger partial charge in [0.15, 0.2) is 0 Å². The number of aryl methyl sites for hydroxylation is 1. The van der Waals surface area contributed by atoms with Gasteiger partial charge in [0, 0.05) is 19.3 Å². The molecule has 6 N–H and O–H groups in total. The molecule has 16 nitrogen and oxygen atoms in total. The number of carbonyl (C=O) groups excluding carboxylic acids is 1. The Morgan fingerprint density at radius 3 is 2.36 bits per heavy atom. The van der Waals surface area contributed by atoms with Crippen LogP contribution in [0.1, 0.15) is 5.56 Å². The van der Waals surface area contributed by atoms with Crippen molar-refractivity contribution in [3.05, 3.63) is 48.0 Å². The molecule has 19 heteroatoms. The monoisotopic (exact) mass is 583 g/mol. The molecule has 0 saturated carbocycles. The van der Waals surface area contributed by atoms with Gasteiger partial charge in [0.2, 0.25) is 11.9 Å². The summed E-state index contributed by atoms with van der Waals surface area (Å²) in [6.45, 7) is 1.38. The van der Waals surface area contributed by atoms with Crippen LogP contribution >= 0.6 is 0 Å². The molecule has 0 bridgehead atoms. The fourth-order valence-corrected chi connectivity index (χ4v) is 4.21. The molecule has 2 aromatic carbocycles. The van der Waals surface area contributed by atoms with E-state index in [-0.39, 0.29) is 41.2 Å². The molecular formula is C20H22FN9O7S2. The molecule has 3 rings (SSSR count). The van der Waals surface area contributed by atoms with Gasteiger partial charge in [-0.2, -0.15) is 36.2 Å². The molecule has 2 amide bonds. The summed E-state index contributed by atoms with van der Waals surface area (Å²) in [5, 5.41) is 12.8. The van der Waals surface area contributed by atoms with Gasteiger partial charge in [-0.15, -0.1) is 10.2 Å². The Morgan fingerprint density at radius 1 is 1.05 bits per heavy atom. The van der Waals surface area contributed by atoms with Crippen molar-refractivity contribution in [2.24, 2.45) is 16.0 Å². The first-order valence-electron chi connectivity index (χ1n) is 10.7. The number of anilines is 4. The standard InChI is InChI=1S/C20H22FN9O7S2/c1-11-3-5-14(16(9-11)39(35,36)37)29-28-13-6-4-12(10-15(13)24-18(22)31)23-19-25-17(21)26-20(27-19)30(2)7-8-38(32,33)34/h3-6,9-10H,7-8H2,1-2H3,(H3,22,24,31)(H,32,33,34)(H,35,36,37)(H,23,25,26,27)/b29-28+. The van der Waals surface area contributed by atoms with E-state index in [0.29, 0.717) is 5.56 Å². The minimum Gasteiger partial charge on any atom is -0.351 e. The van der Waals surface area contributed by atoms with Crippen LogP contribution in [0, 0.1) is 13.0 Å². The zero-order valence-corrected chi connectivity index (χ0v) is 21.9. The fourth-order valence-electron chi connectivity index (χ4n) is 3.00. The van der Waals surface area contributed by atoms with E-state index in [1.54, 1.807) is 13.0 Å². The van der Waals surface area contributed by atoms with Crippen molar-refractivity contribution in [3.63, 3.8) is 0 Å². The Labute approximate surface area is 221 Å². The van der Waals surface area contributed by atoms with E-state index in [1.807, 2.05) is 0 Å². The number of benzene rings is 2. The first-order chi connectivity index (χ1) is 18.1. The zero-order chi connectivity index (χ0) is 29.0. The SMILES string of the molecule is Cc1ccc(/N=N/c2ccc(Nc3nc(F)nc(N(C)CCS(=O)(=O)O)n3)cc2NC(N)=O)c(S(=O)(=O)O)c1. The van der Waals surface area contributed by atoms with Crippen LogP contribution in [0.2, 0.25) is 0 Å². The number of hydrogen-bond acceptors (Lipinski definition) is 12. The molecule has 0 saturated heterocycles. The van der Waals surface area contributed by atoms with Crippen molar-refractivity contribution in [1.29, 1.82) is 0 Å².